The van der Waals surface area contributed by atoms with Gasteiger partial charge in [-0.3, -0.25) is 4.79 Å². The molecule has 0 aromatic heterocycles. The largest absolute Gasteiger partial charge is 0.326 e. The zero-order chi connectivity index (χ0) is 39.7. The minimum Gasteiger partial charge on any atom is -0.326 e. The Labute approximate surface area is 347 Å². The number of hydrogen-bond donors (Lipinski definition) is 0. The molecule has 11 aromatic carbocycles. The van der Waals surface area contributed by atoms with Gasteiger partial charge in [0.25, 0.3) is 0 Å². The molecular formula is C58H37NO. The van der Waals surface area contributed by atoms with E-state index in [1.54, 1.807) is 0 Å². The molecule has 14 rings (SSSR count). The Morgan fingerprint density at radius 2 is 0.817 bits per heavy atom. The second-order valence-electron chi connectivity index (χ2n) is 16.7. The molecule has 1 amide bonds. The van der Waals surface area contributed by atoms with Crippen LogP contribution in [-0.4, -0.2) is 17.9 Å². The third-order valence-electron chi connectivity index (χ3n) is 14.0. The van der Waals surface area contributed by atoms with Gasteiger partial charge < -0.3 is 4.90 Å². The Kier molecular flexibility index (Phi) is 6.69. The minimum atomic E-state index is -1.08. The number of hydrogen-bond acceptors (Lipinski definition) is 1. The molecule has 0 radical (unpaired) electrons. The number of fused-ring (bicyclic) bond motifs is 5. The van der Waals surface area contributed by atoms with Crippen molar-refractivity contribution in [3.63, 3.8) is 0 Å². The first-order valence-corrected chi connectivity index (χ1v) is 20.9. The topological polar surface area (TPSA) is 20.3 Å². The van der Waals surface area contributed by atoms with Gasteiger partial charge in [0.1, 0.15) is 11.0 Å². The van der Waals surface area contributed by atoms with Crippen molar-refractivity contribution < 1.29 is 4.79 Å². The molecule has 0 spiro atoms. The Morgan fingerprint density at radius 3 is 1.35 bits per heavy atom. The second kappa shape index (κ2) is 12.0. The van der Waals surface area contributed by atoms with Crippen LogP contribution < -0.4 is 0 Å². The van der Waals surface area contributed by atoms with Crippen LogP contribution in [0.3, 0.4) is 0 Å². The van der Waals surface area contributed by atoms with Crippen LogP contribution in [-0.2, 0) is 15.7 Å². The first-order valence-electron chi connectivity index (χ1n) is 20.9. The van der Waals surface area contributed by atoms with Gasteiger partial charge in [0, 0.05) is 7.05 Å². The average Bonchev–Trinajstić information content (AvgIpc) is 3.32. The van der Waals surface area contributed by atoms with Gasteiger partial charge in [-0.25, -0.2) is 0 Å². The van der Waals surface area contributed by atoms with Crippen molar-refractivity contribution in [2.45, 2.75) is 11.0 Å². The smallest absolute Gasteiger partial charge is 0.243 e. The number of amides is 1. The van der Waals surface area contributed by atoms with Crippen molar-refractivity contribution in [1.82, 2.24) is 4.90 Å². The Balaban J connectivity index is 1.35. The van der Waals surface area contributed by atoms with Gasteiger partial charge in [-0.15, -0.1) is 0 Å². The summed E-state index contributed by atoms with van der Waals surface area (Å²) in [5.74, 6) is 0.0796. The van der Waals surface area contributed by atoms with Gasteiger partial charge in [-0.2, -0.15) is 0 Å². The predicted octanol–water partition coefficient (Wildman–Crippen LogP) is 13.6. The maximum absolute atomic E-state index is 15.9. The van der Waals surface area contributed by atoms with Crippen LogP contribution in [0.5, 0.6) is 0 Å². The zero-order valence-electron chi connectivity index (χ0n) is 33.0. The highest BCUT2D eigenvalue weighted by atomic mass is 16.2. The fourth-order valence-electron chi connectivity index (χ4n) is 11.8. The molecule has 0 saturated carbocycles. The fourth-order valence-corrected chi connectivity index (χ4v) is 11.8. The molecule has 0 fully saturated rings. The van der Waals surface area contributed by atoms with Gasteiger partial charge >= 0.3 is 0 Å². The molecule has 1 aliphatic carbocycles. The van der Waals surface area contributed by atoms with Crippen LogP contribution >= 0.6 is 0 Å². The molecule has 2 atom stereocenters. The van der Waals surface area contributed by atoms with Gasteiger partial charge in [-0.1, -0.05) is 194 Å². The van der Waals surface area contributed by atoms with Crippen molar-refractivity contribution in [2.75, 3.05) is 7.05 Å². The number of rotatable bonds is 4. The maximum atomic E-state index is 15.9. The summed E-state index contributed by atoms with van der Waals surface area (Å²) in [5.41, 5.74) is 9.16. The highest BCUT2D eigenvalue weighted by molar-refractivity contribution is 6.41. The summed E-state index contributed by atoms with van der Waals surface area (Å²) in [6.45, 7) is 0. The Hall–Kier alpha value is -7.55. The highest BCUT2D eigenvalue weighted by Crippen LogP contribution is 2.63. The number of benzene rings is 11. The van der Waals surface area contributed by atoms with E-state index in [9.17, 15) is 0 Å². The number of nitrogens with zero attached hydrogens (tertiary/aromatic N) is 1. The van der Waals surface area contributed by atoms with Gasteiger partial charge in [0.15, 0.2) is 0 Å². The Bertz CT molecular complexity index is 3560. The molecular weight excluding hydrogens is 727 g/mol. The SMILES string of the molecule is CN1C(=O)[C@@]2(c3ccccc3)c3ccccc3[C@]1(c1ccccc1)c1cc3c(-c4ccccc4)c4c5cccc6ccc7cccc(c4c(-c4ccccc4)c3cc12)c7c65. The third-order valence-corrected chi connectivity index (χ3v) is 14.0. The van der Waals surface area contributed by atoms with E-state index >= 15 is 4.79 Å². The summed E-state index contributed by atoms with van der Waals surface area (Å²) in [5, 5.41) is 12.4. The molecule has 60 heavy (non-hydrogen) atoms. The second-order valence-corrected chi connectivity index (χ2v) is 16.7. The summed E-state index contributed by atoms with van der Waals surface area (Å²) in [7, 11) is 2.02. The molecule has 0 N–H and O–H groups in total. The van der Waals surface area contributed by atoms with E-state index < -0.39 is 11.0 Å². The van der Waals surface area contributed by atoms with Crippen LogP contribution in [0.4, 0.5) is 0 Å². The highest BCUT2D eigenvalue weighted by Gasteiger charge is 2.65. The zero-order valence-corrected chi connectivity index (χ0v) is 33.0. The summed E-state index contributed by atoms with van der Waals surface area (Å²) in [4.78, 5) is 18.0. The molecule has 0 saturated heterocycles. The van der Waals surface area contributed by atoms with E-state index in [2.05, 4.69) is 205 Å². The molecule has 2 nitrogen and oxygen atoms in total. The fraction of sp³-hybridized carbons (Fsp3) is 0.0517. The summed E-state index contributed by atoms with van der Waals surface area (Å²) < 4.78 is 0. The van der Waals surface area contributed by atoms with Crippen LogP contribution in [0.1, 0.15) is 33.4 Å². The van der Waals surface area contributed by atoms with Crippen LogP contribution in [0, 0.1) is 0 Å². The molecule has 2 aliphatic heterocycles. The van der Waals surface area contributed by atoms with E-state index in [4.69, 9.17) is 0 Å². The van der Waals surface area contributed by atoms with Crippen molar-refractivity contribution in [2.24, 2.45) is 0 Å². The van der Waals surface area contributed by atoms with Gasteiger partial charge in [0.05, 0.1) is 0 Å². The summed E-state index contributed by atoms with van der Waals surface area (Å²) >= 11 is 0. The van der Waals surface area contributed by atoms with E-state index in [-0.39, 0.29) is 5.91 Å². The lowest BCUT2D eigenvalue weighted by atomic mass is 9.51. The Morgan fingerprint density at radius 1 is 0.367 bits per heavy atom. The maximum Gasteiger partial charge on any atom is 0.243 e. The van der Waals surface area contributed by atoms with Crippen molar-refractivity contribution in [3.8, 4) is 22.3 Å². The first kappa shape index (κ1) is 33.4. The van der Waals surface area contributed by atoms with E-state index in [1.807, 2.05) is 13.1 Å². The number of carbonyl (C=O) groups excluding carboxylic acids is 1. The number of likely N-dealkylation sites (N-methyl/N-ethyl adjacent to an activating group) is 1. The van der Waals surface area contributed by atoms with Gasteiger partial charge in [0.2, 0.25) is 5.91 Å². The van der Waals surface area contributed by atoms with Crippen molar-refractivity contribution in [1.29, 1.82) is 0 Å². The van der Waals surface area contributed by atoms with E-state index in [1.165, 1.54) is 65.2 Å². The normalized spacial score (nSPS) is 18.2. The van der Waals surface area contributed by atoms with Crippen molar-refractivity contribution >= 4 is 59.8 Å². The van der Waals surface area contributed by atoms with Crippen LogP contribution in [0.2, 0.25) is 0 Å². The standard InChI is InChI=1S/C58H37NO/c1-59-56(60)57(40-24-10-4-11-25-40)46-30-14-15-31-47(46)58(59,41-26-12-5-13-27-41)49-35-45-44(34-48(49)57)52(36-18-6-2-7-19-36)54-42-28-16-22-38-32-33-39-23-17-29-43(51(39)50(38)42)55(54)53(45)37-20-8-3-9-21-37/h2-35H,1H3/t57-,58+/m0/s1. The molecule has 11 aromatic rings. The quantitative estimate of drug-likeness (QED) is 0.129. The third kappa shape index (κ3) is 3.96. The summed E-state index contributed by atoms with van der Waals surface area (Å²) in [6, 6.07) is 74.9. The lowest BCUT2D eigenvalue weighted by Gasteiger charge is -2.59. The van der Waals surface area contributed by atoms with E-state index in [0.29, 0.717) is 0 Å². The predicted molar refractivity (Wildman–Crippen MR) is 248 cm³/mol. The minimum absolute atomic E-state index is 0.0796. The van der Waals surface area contributed by atoms with Gasteiger partial charge in [-0.05, 0) is 122 Å². The van der Waals surface area contributed by atoms with Crippen molar-refractivity contribution in [3.05, 3.63) is 240 Å². The monoisotopic (exact) mass is 763 g/mol. The number of carbonyl (C=O) groups is 1. The lowest BCUT2D eigenvalue weighted by molar-refractivity contribution is -0.140. The molecule has 2 bridgehead atoms. The van der Waals surface area contributed by atoms with E-state index in [0.717, 1.165) is 44.3 Å². The molecule has 2 heteroatoms. The van der Waals surface area contributed by atoms with Crippen LogP contribution in [0.25, 0.3) is 76.1 Å². The molecule has 280 valence electrons. The molecule has 3 aliphatic rings. The molecule has 0 unspecified atom stereocenters. The molecule has 2 heterocycles. The lowest BCUT2D eigenvalue weighted by Crippen LogP contribution is -2.66. The first-order chi connectivity index (χ1) is 29.6. The average molecular weight is 764 g/mol. The van der Waals surface area contributed by atoms with Crippen LogP contribution in [0.15, 0.2) is 206 Å². The summed E-state index contributed by atoms with van der Waals surface area (Å²) in [6.07, 6.45) is 0.